The van der Waals surface area contributed by atoms with Crippen LogP contribution in [0.2, 0.25) is 0 Å². The average Bonchev–Trinajstić information content (AvgIpc) is 2.33. The van der Waals surface area contributed by atoms with Crippen molar-refractivity contribution in [3.8, 4) is 6.07 Å². The highest BCUT2D eigenvalue weighted by atomic mass is 16.2. The molecule has 0 aliphatic carbocycles. The number of hydrogen-bond donors (Lipinski definition) is 1. The zero-order valence-electron chi connectivity index (χ0n) is 9.55. The minimum absolute atomic E-state index is 0.0106. The van der Waals surface area contributed by atoms with Crippen molar-refractivity contribution in [2.24, 2.45) is 5.41 Å². The Balaban J connectivity index is 2.76. The van der Waals surface area contributed by atoms with Gasteiger partial charge in [-0.15, -0.1) is 0 Å². The maximum Gasteiger partial charge on any atom is 0.243 e. The second-order valence-corrected chi connectivity index (χ2v) is 3.94. The van der Waals surface area contributed by atoms with Gasteiger partial charge in [0, 0.05) is 26.2 Å². The molecule has 0 spiro atoms. The number of carbonyl (C=O) groups is 1. The molecule has 1 heterocycles. The Morgan fingerprint density at radius 3 is 2.33 bits per heavy atom. The summed E-state index contributed by atoms with van der Waals surface area (Å²) in [5, 5.41) is 12.4. The van der Waals surface area contributed by atoms with Gasteiger partial charge in [-0.2, -0.15) is 5.26 Å². The van der Waals surface area contributed by atoms with Crippen molar-refractivity contribution in [2.45, 2.75) is 26.7 Å². The van der Waals surface area contributed by atoms with Crippen LogP contribution in [-0.4, -0.2) is 37.0 Å². The van der Waals surface area contributed by atoms with Gasteiger partial charge in [0.2, 0.25) is 5.91 Å². The minimum atomic E-state index is -0.794. The number of amides is 1. The van der Waals surface area contributed by atoms with Gasteiger partial charge in [-0.1, -0.05) is 13.8 Å². The predicted octanol–water partition coefficient (Wildman–Crippen LogP) is 0.748. The van der Waals surface area contributed by atoms with Crippen molar-refractivity contribution in [2.75, 3.05) is 26.2 Å². The van der Waals surface area contributed by atoms with E-state index in [1.807, 2.05) is 18.7 Å². The first kappa shape index (κ1) is 12.0. The lowest BCUT2D eigenvalue weighted by Gasteiger charge is -2.33. The standard InChI is InChI=1S/C11H19N3O/c1-3-11(4-2,9-12)10(15)14-7-5-13-6-8-14/h13H,3-8H2,1-2H3. The number of nitrogens with zero attached hydrogens (tertiary/aromatic N) is 2. The molecule has 1 aliphatic rings. The average molecular weight is 209 g/mol. The summed E-state index contributed by atoms with van der Waals surface area (Å²) in [5.41, 5.74) is -0.794. The highest BCUT2D eigenvalue weighted by Gasteiger charge is 2.38. The van der Waals surface area contributed by atoms with Gasteiger partial charge in [0.25, 0.3) is 0 Å². The van der Waals surface area contributed by atoms with Crippen LogP contribution in [-0.2, 0) is 4.79 Å². The van der Waals surface area contributed by atoms with Crippen molar-refractivity contribution in [1.82, 2.24) is 10.2 Å². The minimum Gasteiger partial charge on any atom is -0.339 e. The molecule has 1 aliphatic heterocycles. The maximum atomic E-state index is 12.2. The van der Waals surface area contributed by atoms with E-state index >= 15 is 0 Å². The third kappa shape index (κ3) is 2.29. The molecule has 1 saturated heterocycles. The molecule has 0 unspecified atom stereocenters. The Kier molecular flexibility index (Phi) is 4.10. The lowest BCUT2D eigenvalue weighted by Crippen LogP contribution is -2.51. The summed E-state index contributed by atoms with van der Waals surface area (Å²) in [6, 6.07) is 2.20. The Morgan fingerprint density at radius 1 is 1.40 bits per heavy atom. The molecule has 1 amide bonds. The molecule has 1 rings (SSSR count). The highest BCUT2D eigenvalue weighted by molar-refractivity contribution is 5.85. The molecule has 84 valence electrons. The summed E-state index contributed by atoms with van der Waals surface area (Å²) in [5.74, 6) is 0.0106. The molecule has 1 N–H and O–H groups in total. The van der Waals surface area contributed by atoms with E-state index in [0.717, 1.165) is 26.2 Å². The first-order valence-electron chi connectivity index (χ1n) is 5.61. The Hall–Kier alpha value is -1.08. The zero-order valence-corrected chi connectivity index (χ0v) is 9.55. The fourth-order valence-electron chi connectivity index (χ4n) is 1.93. The lowest BCUT2D eigenvalue weighted by molar-refractivity contribution is -0.140. The second-order valence-electron chi connectivity index (χ2n) is 3.94. The van der Waals surface area contributed by atoms with Gasteiger partial charge in [-0.05, 0) is 12.8 Å². The monoisotopic (exact) mass is 209 g/mol. The summed E-state index contributed by atoms with van der Waals surface area (Å²) in [6.45, 7) is 6.94. The van der Waals surface area contributed by atoms with Crippen molar-refractivity contribution >= 4 is 5.91 Å². The van der Waals surface area contributed by atoms with Crippen LogP contribution in [0.5, 0.6) is 0 Å². The largest absolute Gasteiger partial charge is 0.339 e. The van der Waals surface area contributed by atoms with Gasteiger partial charge < -0.3 is 10.2 Å². The lowest BCUT2D eigenvalue weighted by atomic mass is 9.82. The third-order valence-corrected chi connectivity index (χ3v) is 3.23. The van der Waals surface area contributed by atoms with Gasteiger partial charge in [-0.3, -0.25) is 4.79 Å². The van der Waals surface area contributed by atoms with E-state index in [1.54, 1.807) is 0 Å². The molecule has 0 bridgehead atoms. The quantitative estimate of drug-likeness (QED) is 0.746. The summed E-state index contributed by atoms with van der Waals surface area (Å²) >= 11 is 0. The predicted molar refractivity (Wildman–Crippen MR) is 58.1 cm³/mol. The van der Waals surface area contributed by atoms with Gasteiger partial charge in [0.15, 0.2) is 0 Å². The molecule has 4 heteroatoms. The Bertz CT molecular complexity index is 259. The Labute approximate surface area is 91.2 Å². The number of hydrogen-bond acceptors (Lipinski definition) is 3. The van der Waals surface area contributed by atoms with Crippen LogP contribution in [0.15, 0.2) is 0 Å². The van der Waals surface area contributed by atoms with E-state index in [2.05, 4.69) is 11.4 Å². The van der Waals surface area contributed by atoms with E-state index in [4.69, 9.17) is 5.26 Å². The molecule has 15 heavy (non-hydrogen) atoms. The van der Waals surface area contributed by atoms with E-state index < -0.39 is 5.41 Å². The molecular weight excluding hydrogens is 190 g/mol. The van der Waals surface area contributed by atoms with Crippen molar-refractivity contribution < 1.29 is 4.79 Å². The van der Waals surface area contributed by atoms with Gasteiger partial charge in [0.1, 0.15) is 5.41 Å². The number of carbonyl (C=O) groups excluding carboxylic acids is 1. The third-order valence-electron chi connectivity index (χ3n) is 3.23. The summed E-state index contributed by atoms with van der Waals surface area (Å²) in [4.78, 5) is 14.0. The Morgan fingerprint density at radius 2 is 1.93 bits per heavy atom. The highest BCUT2D eigenvalue weighted by Crippen LogP contribution is 2.28. The number of piperazine rings is 1. The van der Waals surface area contributed by atoms with Gasteiger partial charge >= 0.3 is 0 Å². The molecule has 1 fully saturated rings. The first-order chi connectivity index (χ1) is 7.20. The van der Waals surface area contributed by atoms with Crippen LogP contribution in [0, 0.1) is 16.7 Å². The number of rotatable bonds is 3. The van der Waals surface area contributed by atoms with Crippen LogP contribution in [0.4, 0.5) is 0 Å². The molecule has 0 saturated carbocycles. The van der Waals surface area contributed by atoms with E-state index in [1.165, 1.54) is 0 Å². The first-order valence-corrected chi connectivity index (χ1v) is 5.61. The van der Waals surface area contributed by atoms with Crippen molar-refractivity contribution in [3.05, 3.63) is 0 Å². The smallest absolute Gasteiger partial charge is 0.243 e. The molecule has 0 radical (unpaired) electrons. The molecule has 0 aromatic rings. The molecule has 0 atom stereocenters. The molecule has 0 aromatic heterocycles. The fourth-order valence-corrected chi connectivity index (χ4v) is 1.93. The molecular formula is C11H19N3O. The van der Waals surface area contributed by atoms with Crippen molar-refractivity contribution in [1.29, 1.82) is 5.26 Å². The maximum absolute atomic E-state index is 12.2. The topological polar surface area (TPSA) is 56.1 Å². The van der Waals surface area contributed by atoms with E-state index in [9.17, 15) is 4.79 Å². The van der Waals surface area contributed by atoms with E-state index in [0.29, 0.717) is 12.8 Å². The fraction of sp³-hybridized carbons (Fsp3) is 0.818. The number of nitriles is 1. The second kappa shape index (κ2) is 5.13. The van der Waals surface area contributed by atoms with Gasteiger partial charge in [-0.25, -0.2) is 0 Å². The van der Waals surface area contributed by atoms with Crippen LogP contribution < -0.4 is 5.32 Å². The van der Waals surface area contributed by atoms with Crippen LogP contribution in [0.3, 0.4) is 0 Å². The molecule has 0 aromatic carbocycles. The van der Waals surface area contributed by atoms with Crippen molar-refractivity contribution in [3.63, 3.8) is 0 Å². The zero-order chi connectivity index (χ0) is 11.3. The SMILES string of the molecule is CCC(C#N)(CC)C(=O)N1CCNCC1. The number of nitrogens with one attached hydrogen (secondary N) is 1. The van der Waals surface area contributed by atoms with Crippen LogP contribution in [0.25, 0.3) is 0 Å². The normalized spacial score (nSPS) is 17.3. The van der Waals surface area contributed by atoms with Crippen LogP contribution >= 0.6 is 0 Å². The summed E-state index contributed by atoms with van der Waals surface area (Å²) < 4.78 is 0. The van der Waals surface area contributed by atoms with Gasteiger partial charge in [0.05, 0.1) is 6.07 Å². The van der Waals surface area contributed by atoms with E-state index in [-0.39, 0.29) is 5.91 Å². The molecule has 4 nitrogen and oxygen atoms in total. The summed E-state index contributed by atoms with van der Waals surface area (Å²) in [7, 11) is 0. The summed E-state index contributed by atoms with van der Waals surface area (Å²) in [6.07, 6.45) is 1.20. The van der Waals surface area contributed by atoms with Crippen LogP contribution in [0.1, 0.15) is 26.7 Å².